The highest BCUT2D eigenvalue weighted by molar-refractivity contribution is 5.96. The minimum atomic E-state index is -0.996. The van der Waals surface area contributed by atoms with Crippen molar-refractivity contribution in [2.45, 2.75) is 19.4 Å². The molecule has 1 unspecified atom stereocenters. The minimum Gasteiger partial charge on any atom is -0.481 e. The second-order valence-electron chi connectivity index (χ2n) is 4.57. The van der Waals surface area contributed by atoms with E-state index >= 15 is 0 Å². The third kappa shape index (κ3) is 3.03. The maximum absolute atomic E-state index is 12.0. The highest BCUT2D eigenvalue weighted by Gasteiger charge is 2.14. The van der Waals surface area contributed by atoms with E-state index in [4.69, 9.17) is 5.11 Å². The molecule has 1 aromatic carbocycles. The summed E-state index contributed by atoms with van der Waals surface area (Å²) in [7, 11) is 0. The van der Waals surface area contributed by atoms with E-state index in [1.54, 1.807) is 37.3 Å². The number of H-pyrrole nitrogens is 1. The molecule has 0 saturated carbocycles. The molecule has 0 bridgehead atoms. The van der Waals surface area contributed by atoms with Gasteiger partial charge in [-0.3, -0.25) is 14.4 Å². The molecule has 0 spiro atoms. The molecule has 0 aliphatic carbocycles. The smallest absolute Gasteiger partial charge is 0.305 e. The van der Waals surface area contributed by atoms with Gasteiger partial charge in [0.05, 0.1) is 6.42 Å². The second-order valence-corrected chi connectivity index (χ2v) is 4.57. The van der Waals surface area contributed by atoms with Crippen LogP contribution >= 0.6 is 0 Å². The predicted molar refractivity (Wildman–Crippen MR) is 73.7 cm³/mol. The molecule has 1 atom stereocenters. The molecule has 0 fully saturated rings. The van der Waals surface area contributed by atoms with Crippen LogP contribution in [0.4, 0.5) is 0 Å². The molecular formula is C14H14N2O4. The first-order chi connectivity index (χ1) is 9.47. The summed E-state index contributed by atoms with van der Waals surface area (Å²) >= 11 is 0. The molecular weight excluding hydrogens is 260 g/mol. The molecule has 2 aromatic rings. The third-order valence-electron chi connectivity index (χ3n) is 2.86. The average molecular weight is 274 g/mol. The zero-order valence-electron chi connectivity index (χ0n) is 10.8. The number of rotatable bonds is 4. The fourth-order valence-corrected chi connectivity index (χ4v) is 1.95. The minimum absolute atomic E-state index is 0.117. The first-order valence-corrected chi connectivity index (χ1v) is 6.12. The number of hydrogen-bond donors (Lipinski definition) is 3. The molecule has 0 aliphatic rings. The standard InChI is InChI=1S/C14H14N2O4/c1-8(6-12(17)18)15-14(20)11-7-9-4-2-3-5-10(9)13(19)16-11/h2-5,7-8H,6H2,1H3,(H,15,20)(H,16,19)(H,17,18). The number of nitrogens with one attached hydrogen (secondary N) is 2. The molecule has 0 radical (unpaired) electrons. The normalized spacial score (nSPS) is 12.1. The Balaban J connectivity index is 2.27. The van der Waals surface area contributed by atoms with Gasteiger partial charge in [-0.1, -0.05) is 18.2 Å². The fraction of sp³-hybridized carbons (Fsp3) is 0.214. The second kappa shape index (κ2) is 5.56. The van der Waals surface area contributed by atoms with E-state index in [0.29, 0.717) is 10.8 Å². The van der Waals surface area contributed by atoms with Crippen molar-refractivity contribution in [3.8, 4) is 0 Å². The van der Waals surface area contributed by atoms with Crippen LogP contribution in [0.2, 0.25) is 0 Å². The Kier molecular flexibility index (Phi) is 3.84. The number of carbonyl (C=O) groups is 2. The van der Waals surface area contributed by atoms with Crippen molar-refractivity contribution in [3.05, 3.63) is 46.4 Å². The maximum Gasteiger partial charge on any atom is 0.305 e. The van der Waals surface area contributed by atoms with Gasteiger partial charge in [0.1, 0.15) is 5.69 Å². The number of aliphatic carboxylic acids is 1. The van der Waals surface area contributed by atoms with Gasteiger partial charge in [-0.05, 0) is 24.4 Å². The number of carboxylic acids is 1. The number of aromatic amines is 1. The predicted octanol–water partition coefficient (Wildman–Crippen LogP) is 1.12. The number of benzene rings is 1. The number of fused-ring (bicyclic) bond motifs is 1. The number of aromatic nitrogens is 1. The summed E-state index contributed by atoms with van der Waals surface area (Å²) in [4.78, 5) is 36.8. The van der Waals surface area contributed by atoms with Crippen LogP contribution in [0.3, 0.4) is 0 Å². The lowest BCUT2D eigenvalue weighted by molar-refractivity contribution is -0.137. The SMILES string of the molecule is CC(CC(=O)O)NC(=O)c1cc2ccccc2c(=O)[nH]1. The number of carboxylic acid groups (broad SMARTS) is 1. The Morgan fingerprint density at radius 3 is 2.75 bits per heavy atom. The van der Waals surface area contributed by atoms with Crippen LogP contribution in [0.5, 0.6) is 0 Å². The number of carbonyl (C=O) groups excluding carboxylic acids is 1. The van der Waals surface area contributed by atoms with E-state index in [1.807, 2.05) is 0 Å². The lowest BCUT2D eigenvalue weighted by atomic mass is 10.1. The molecule has 0 aliphatic heterocycles. The molecule has 2 rings (SSSR count). The molecule has 1 amide bonds. The molecule has 1 heterocycles. The van der Waals surface area contributed by atoms with Crippen LogP contribution < -0.4 is 10.9 Å². The van der Waals surface area contributed by atoms with Crippen molar-refractivity contribution >= 4 is 22.6 Å². The van der Waals surface area contributed by atoms with Crippen molar-refractivity contribution in [2.75, 3.05) is 0 Å². The van der Waals surface area contributed by atoms with E-state index in [9.17, 15) is 14.4 Å². The summed E-state index contributed by atoms with van der Waals surface area (Å²) in [6, 6.07) is 7.97. The van der Waals surface area contributed by atoms with Gasteiger partial charge in [-0.25, -0.2) is 0 Å². The van der Waals surface area contributed by atoms with E-state index in [0.717, 1.165) is 0 Å². The number of pyridine rings is 1. The fourth-order valence-electron chi connectivity index (χ4n) is 1.95. The monoisotopic (exact) mass is 274 g/mol. The first-order valence-electron chi connectivity index (χ1n) is 6.12. The Morgan fingerprint density at radius 2 is 2.05 bits per heavy atom. The summed E-state index contributed by atoms with van der Waals surface area (Å²) < 4.78 is 0. The largest absolute Gasteiger partial charge is 0.481 e. The van der Waals surface area contributed by atoms with Gasteiger partial charge >= 0.3 is 5.97 Å². The Bertz CT molecular complexity index is 720. The lowest BCUT2D eigenvalue weighted by Gasteiger charge is -2.11. The Hall–Kier alpha value is -2.63. The zero-order valence-corrected chi connectivity index (χ0v) is 10.8. The van der Waals surface area contributed by atoms with Crippen LogP contribution in [0.1, 0.15) is 23.8 Å². The number of amides is 1. The summed E-state index contributed by atoms with van der Waals surface area (Å²) in [6.45, 7) is 1.59. The van der Waals surface area contributed by atoms with Crippen LogP contribution in [0.15, 0.2) is 35.1 Å². The maximum atomic E-state index is 12.0. The molecule has 1 aromatic heterocycles. The van der Waals surface area contributed by atoms with Crippen LogP contribution in [-0.4, -0.2) is 28.0 Å². The van der Waals surface area contributed by atoms with Gasteiger partial charge in [-0.15, -0.1) is 0 Å². The van der Waals surface area contributed by atoms with Gasteiger partial charge in [-0.2, -0.15) is 0 Å². The van der Waals surface area contributed by atoms with Gasteiger partial charge in [0.25, 0.3) is 11.5 Å². The summed E-state index contributed by atoms with van der Waals surface area (Å²) in [5.74, 6) is -1.49. The van der Waals surface area contributed by atoms with Gasteiger partial charge in [0.15, 0.2) is 0 Å². The Labute approximate surface area is 114 Å². The van der Waals surface area contributed by atoms with E-state index in [1.165, 1.54) is 0 Å². The zero-order chi connectivity index (χ0) is 14.7. The third-order valence-corrected chi connectivity index (χ3v) is 2.86. The van der Waals surface area contributed by atoms with Crippen molar-refractivity contribution in [2.24, 2.45) is 0 Å². The van der Waals surface area contributed by atoms with E-state index in [2.05, 4.69) is 10.3 Å². The molecule has 20 heavy (non-hydrogen) atoms. The summed E-state index contributed by atoms with van der Waals surface area (Å²) in [6.07, 6.45) is -0.177. The van der Waals surface area contributed by atoms with Crippen LogP contribution in [-0.2, 0) is 4.79 Å². The molecule has 104 valence electrons. The summed E-state index contributed by atoms with van der Waals surface area (Å²) in [5, 5.41) is 12.3. The highest BCUT2D eigenvalue weighted by atomic mass is 16.4. The lowest BCUT2D eigenvalue weighted by Crippen LogP contribution is -2.35. The molecule has 6 nitrogen and oxygen atoms in total. The first kappa shape index (κ1) is 13.8. The van der Waals surface area contributed by atoms with Crippen LogP contribution in [0.25, 0.3) is 10.8 Å². The summed E-state index contributed by atoms with van der Waals surface area (Å²) in [5.41, 5.74) is -0.231. The topological polar surface area (TPSA) is 99.3 Å². The molecule has 3 N–H and O–H groups in total. The van der Waals surface area contributed by atoms with Crippen LogP contribution in [0, 0.1) is 0 Å². The van der Waals surface area contributed by atoms with Crippen molar-refractivity contribution in [1.82, 2.24) is 10.3 Å². The average Bonchev–Trinajstić information content (AvgIpc) is 2.37. The van der Waals surface area contributed by atoms with E-state index < -0.39 is 17.9 Å². The van der Waals surface area contributed by atoms with Gasteiger partial charge in [0.2, 0.25) is 0 Å². The molecule has 6 heteroatoms. The Morgan fingerprint density at radius 1 is 1.35 bits per heavy atom. The van der Waals surface area contributed by atoms with Gasteiger partial charge in [0, 0.05) is 11.4 Å². The van der Waals surface area contributed by atoms with Gasteiger partial charge < -0.3 is 15.4 Å². The van der Waals surface area contributed by atoms with Crippen molar-refractivity contribution in [1.29, 1.82) is 0 Å². The van der Waals surface area contributed by atoms with Crippen molar-refractivity contribution in [3.63, 3.8) is 0 Å². The highest BCUT2D eigenvalue weighted by Crippen LogP contribution is 2.09. The molecule has 0 saturated heterocycles. The quantitative estimate of drug-likeness (QED) is 0.778. The number of hydrogen-bond acceptors (Lipinski definition) is 3. The van der Waals surface area contributed by atoms with Crippen molar-refractivity contribution < 1.29 is 14.7 Å². The van der Waals surface area contributed by atoms with E-state index in [-0.39, 0.29) is 17.7 Å².